The van der Waals surface area contributed by atoms with E-state index < -0.39 is 11.9 Å². The summed E-state index contributed by atoms with van der Waals surface area (Å²) in [5, 5.41) is 12.1. The maximum Gasteiger partial charge on any atom is 0.317 e. The Morgan fingerprint density at radius 3 is 2.65 bits per heavy atom. The number of urea groups is 1. The van der Waals surface area contributed by atoms with Crippen molar-refractivity contribution in [2.24, 2.45) is 5.92 Å². The van der Waals surface area contributed by atoms with E-state index in [1.165, 1.54) is 0 Å². The van der Waals surface area contributed by atoms with Crippen LogP contribution in [-0.2, 0) is 4.79 Å². The number of hydrogen-bond acceptors (Lipinski definition) is 3. The van der Waals surface area contributed by atoms with E-state index in [9.17, 15) is 9.59 Å². The molecule has 0 spiro atoms. The van der Waals surface area contributed by atoms with Crippen LogP contribution in [0.3, 0.4) is 0 Å². The number of carbonyl (C=O) groups excluding carboxylic acids is 1. The molecule has 124 valence electrons. The molecular formula is C16H20BrN3O3. The van der Waals surface area contributed by atoms with Gasteiger partial charge in [-0.3, -0.25) is 4.79 Å². The van der Waals surface area contributed by atoms with Gasteiger partial charge in [0.1, 0.15) is 0 Å². The molecule has 1 aromatic rings. The average Bonchev–Trinajstić information content (AvgIpc) is 3.16. The molecule has 0 radical (unpaired) electrons. The van der Waals surface area contributed by atoms with E-state index in [2.05, 4.69) is 32.2 Å². The summed E-state index contributed by atoms with van der Waals surface area (Å²) in [6.45, 7) is 2.49. The number of carbonyl (C=O) groups is 2. The van der Waals surface area contributed by atoms with E-state index in [1.807, 2.05) is 18.2 Å². The molecule has 2 aliphatic rings. The number of anilines is 1. The first-order valence-electron chi connectivity index (χ1n) is 7.82. The van der Waals surface area contributed by atoms with Crippen molar-refractivity contribution >= 4 is 33.6 Å². The van der Waals surface area contributed by atoms with Crippen molar-refractivity contribution in [3.05, 3.63) is 28.7 Å². The molecule has 2 amide bonds. The van der Waals surface area contributed by atoms with Crippen LogP contribution in [0.15, 0.2) is 28.7 Å². The number of benzene rings is 1. The van der Waals surface area contributed by atoms with Crippen LogP contribution in [0, 0.1) is 5.92 Å². The quantitative estimate of drug-likeness (QED) is 0.840. The molecule has 23 heavy (non-hydrogen) atoms. The summed E-state index contributed by atoms with van der Waals surface area (Å²) in [4.78, 5) is 27.1. The highest BCUT2D eigenvalue weighted by Gasteiger charge is 2.33. The van der Waals surface area contributed by atoms with E-state index in [-0.39, 0.29) is 12.1 Å². The van der Waals surface area contributed by atoms with Crippen molar-refractivity contribution in [1.29, 1.82) is 0 Å². The van der Waals surface area contributed by atoms with Crippen LogP contribution >= 0.6 is 15.9 Å². The first kappa shape index (κ1) is 16.1. The maximum absolute atomic E-state index is 12.3. The van der Waals surface area contributed by atoms with Crippen molar-refractivity contribution in [3.63, 3.8) is 0 Å². The molecule has 1 aromatic carbocycles. The number of carboxylic acid groups (broad SMARTS) is 1. The monoisotopic (exact) mass is 381 g/mol. The number of nitrogens with zero attached hydrogens (tertiary/aromatic N) is 2. The van der Waals surface area contributed by atoms with Crippen LogP contribution in [0.5, 0.6) is 0 Å². The number of para-hydroxylation sites is 1. The Labute approximate surface area is 143 Å². The molecule has 0 saturated carbocycles. The smallest absolute Gasteiger partial charge is 0.317 e. The number of rotatable bonds is 3. The Hall–Kier alpha value is -1.76. The number of carboxylic acids is 1. The summed E-state index contributed by atoms with van der Waals surface area (Å²) in [6.07, 6.45) is 1.43. The summed E-state index contributed by atoms with van der Waals surface area (Å²) in [7, 11) is 0. The van der Waals surface area contributed by atoms with Crippen molar-refractivity contribution < 1.29 is 14.7 Å². The molecule has 0 bridgehead atoms. The summed E-state index contributed by atoms with van der Waals surface area (Å²) in [5.41, 5.74) is 1.14. The van der Waals surface area contributed by atoms with Crippen LogP contribution in [0.2, 0.25) is 0 Å². The molecule has 2 fully saturated rings. The minimum absolute atomic E-state index is 0.0958. The summed E-state index contributed by atoms with van der Waals surface area (Å²) >= 11 is 3.56. The third-order valence-electron chi connectivity index (χ3n) is 4.53. The second kappa shape index (κ2) is 6.78. The molecule has 3 rings (SSSR count). The van der Waals surface area contributed by atoms with Crippen molar-refractivity contribution in [1.82, 2.24) is 10.2 Å². The SMILES string of the molecule is O=C(O)C1CCN(C(=O)NC2CCN(c3ccccc3Br)C2)C1. The third-order valence-corrected chi connectivity index (χ3v) is 5.20. The van der Waals surface area contributed by atoms with Gasteiger partial charge < -0.3 is 20.2 Å². The van der Waals surface area contributed by atoms with Crippen LogP contribution in [0.4, 0.5) is 10.5 Å². The van der Waals surface area contributed by atoms with Gasteiger partial charge in [0.15, 0.2) is 0 Å². The van der Waals surface area contributed by atoms with Gasteiger partial charge in [0.25, 0.3) is 0 Å². The van der Waals surface area contributed by atoms with E-state index in [4.69, 9.17) is 5.11 Å². The summed E-state index contributed by atoms with van der Waals surface area (Å²) < 4.78 is 1.05. The maximum atomic E-state index is 12.3. The molecular weight excluding hydrogens is 362 g/mol. The molecule has 7 heteroatoms. The van der Waals surface area contributed by atoms with Gasteiger partial charge in [0.2, 0.25) is 0 Å². The Kier molecular flexibility index (Phi) is 4.75. The first-order chi connectivity index (χ1) is 11.0. The van der Waals surface area contributed by atoms with Crippen LogP contribution in [0.1, 0.15) is 12.8 Å². The van der Waals surface area contributed by atoms with Crippen molar-refractivity contribution in [3.8, 4) is 0 Å². The minimum atomic E-state index is -0.818. The molecule has 2 saturated heterocycles. The molecule has 0 aliphatic carbocycles. The van der Waals surface area contributed by atoms with Crippen LogP contribution in [-0.4, -0.2) is 54.2 Å². The normalized spacial score (nSPS) is 24.0. The number of nitrogens with one attached hydrogen (secondary N) is 1. The fraction of sp³-hybridized carbons (Fsp3) is 0.500. The first-order valence-corrected chi connectivity index (χ1v) is 8.61. The molecule has 6 nitrogen and oxygen atoms in total. The lowest BCUT2D eigenvalue weighted by Gasteiger charge is -2.22. The average molecular weight is 382 g/mol. The number of amides is 2. The highest BCUT2D eigenvalue weighted by molar-refractivity contribution is 9.10. The Morgan fingerprint density at radius 2 is 1.96 bits per heavy atom. The van der Waals surface area contributed by atoms with E-state index in [0.29, 0.717) is 19.5 Å². The zero-order chi connectivity index (χ0) is 16.4. The van der Waals surface area contributed by atoms with Gasteiger partial charge in [0.05, 0.1) is 11.6 Å². The topological polar surface area (TPSA) is 72.9 Å². The standard InChI is InChI=1S/C16H20BrN3O3/c17-13-3-1-2-4-14(13)19-8-6-12(10-19)18-16(23)20-7-5-11(9-20)15(21)22/h1-4,11-12H,5-10H2,(H,18,23)(H,21,22). The summed E-state index contributed by atoms with van der Waals surface area (Å²) in [5.74, 6) is -1.25. The minimum Gasteiger partial charge on any atom is -0.481 e. The Balaban J connectivity index is 1.53. The Morgan fingerprint density at radius 1 is 1.17 bits per heavy atom. The van der Waals surface area contributed by atoms with Gasteiger partial charge in [-0.05, 0) is 40.9 Å². The second-order valence-corrected chi connectivity index (χ2v) is 6.96. The van der Waals surface area contributed by atoms with Gasteiger partial charge in [-0.2, -0.15) is 0 Å². The predicted octanol–water partition coefficient (Wildman–Crippen LogP) is 2.14. The lowest BCUT2D eigenvalue weighted by molar-refractivity contribution is -0.141. The highest BCUT2D eigenvalue weighted by atomic mass is 79.9. The fourth-order valence-electron chi connectivity index (χ4n) is 3.22. The number of hydrogen-bond donors (Lipinski definition) is 2. The van der Waals surface area contributed by atoms with E-state index in [0.717, 1.165) is 29.7 Å². The van der Waals surface area contributed by atoms with Gasteiger partial charge in [-0.25, -0.2) is 4.79 Å². The zero-order valence-electron chi connectivity index (χ0n) is 12.7. The lowest BCUT2D eigenvalue weighted by Crippen LogP contribution is -2.45. The molecule has 2 aliphatic heterocycles. The van der Waals surface area contributed by atoms with Crippen LogP contribution < -0.4 is 10.2 Å². The van der Waals surface area contributed by atoms with E-state index in [1.54, 1.807) is 4.90 Å². The highest BCUT2D eigenvalue weighted by Crippen LogP contribution is 2.28. The second-order valence-electron chi connectivity index (χ2n) is 6.10. The summed E-state index contributed by atoms with van der Waals surface area (Å²) in [6, 6.07) is 8.01. The predicted molar refractivity (Wildman–Crippen MR) is 90.6 cm³/mol. The molecule has 2 heterocycles. The zero-order valence-corrected chi connectivity index (χ0v) is 14.3. The van der Waals surface area contributed by atoms with Gasteiger partial charge in [0, 0.05) is 36.7 Å². The molecule has 0 aromatic heterocycles. The number of halogens is 1. The third kappa shape index (κ3) is 3.60. The largest absolute Gasteiger partial charge is 0.481 e. The number of likely N-dealkylation sites (tertiary alicyclic amines) is 1. The number of aliphatic carboxylic acids is 1. The Bertz CT molecular complexity index is 610. The molecule has 2 unspecified atom stereocenters. The van der Waals surface area contributed by atoms with E-state index >= 15 is 0 Å². The van der Waals surface area contributed by atoms with Gasteiger partial charge >= 0.3 is 12.0 Å². The van der Waals surface area contributed by atoms with Gasteiger partial charge in [-0.1, -0.05) is 12.1 Å². The fourth-order valence-corrected chi connectivity index (χ4v) is 3.75. The lowest BCUT2D eigenvalue weighted by atomic mass is 10.1. The molecule has 2 N–H and O–H groups in total. The van der Waals surface area contributed by atoms with Crippen molar-refractivity contribution in [2.45, 2.75) is 18.9 Å². The van der Waals surface area contributed by atoms with Crippen LogP contribution in [0.25, 0.3) is 0 Å². The van der Waals surface area contributed by atoms with Gasteiger partial charge in [-0.15, -0.1) is 0 Å². The van der Waals surface area contributed by atoms with Crippen molar-refractivity contribution in [2.75, 3.05) is 31.1 Å². The molecule has 2 atom stereocenters.